The first-order valence-corrected chi connectivity index (χ1v) is 6.11. The molecule has 0 saturated carbocycles. The number of hydrogen-bond donors (Lipinski definition) is 1. The average molecular weight is 297 g/mol. The number of carbonyl (C=O) groups is 2. The molecule has 0 atom stereocenters. The smallest absolute Gasteiger partial charge is 0.356 e. The van der Waals surface area contributed by atoms with Gasteiger partial charge >= 0.3 is 17.6 Å². The van der Waals surface area contributed by atoms with E-state index in [-0.39, 0.29) is 23.7 Å². The Morgan fingerprint density at radius 3 is 2.62 bits per heavy atom. The molecule has 0 saturated heterocycles. The molecule has 1 heterocycles. The first-order chi connectivity index (χ1) is 9.90. The molecule has 0 aliphatic heterocycles. The summed E-state index contributed by atoms with van der Waals surface area (Å²) in [5.41, 5.74) is -0.484. The molecule has 114 valence electrons. The van der Waals surface area contributed by atoms with Crippen molar-refractivity contribution in [3.63, 3.8) is 0 Å². The highest BCUT2D eigenvalue weighted by Gasteiger charge is 2.24. The van der Waals surface area contributed by atoms with E-state index in [2.05, 4.69) is 9.72 Å². The minimum absolute atomic E-state index is 0.121. The number of carboxylic acids is 1. The van der Waals surface area contributed by atoms with E-state index in [9.17, 15) is 19.7 Å². The lowest BCUT2D eigenvalue weighted by molar-refractivity contribution is -0.384. The summed E-state index contributed by atoms with van der Waals surface area (Å²) in [7, 11) is 1.16. The molecule has 1 aromatic heterocycles. The van der Waals surface area contributed by atoms with Gasteiger partial charge in [-0.05, 0) is 12.5 Å². The van der Waals surface area contributed by atoms with E-state index in [1.165, 1.54) is 11.0 Å². The minimum atomic E-state index is -1.15. The molecular formula is C12H15N3O6. The Hall–Kier alpha value is -2.71. The lowest BCUT2D eigenvalue weighted by Crippen LogP contribution is -2.32. The number of aliphatic carboxylic acids is 1. The van der Waals surface area contributed by atoms with Gasteiger partial charge in [-0.25, -0.2) is 9.78 Å². The molecule has 9 heteroatoms. The Morgan fingerprint density at radius 2 is 2.14 bits per heavy atom. The van der Waals surface area contributed by atoms with Gasteiger partial charge in [-0.15, -0.1) is 0 Å². The van der Waals surface area contributed by atoms with Crippen LogP contribution in [-0.2, 0) is 9.53 Å². The first kappa shape index (κ1) is 16.3. The Bertz CT molecular complexity index is 560. The van der Waals surface area contributed by atoms with Crippen LogP contribution < -0.4 is 4.90 Å². The molecule has 1 rings (SSSR count). The monoisotopic (exact) mass is 297 g/mol. The predicted molar refractivity (Wildman–Crippen MR) is 72.4 cm³/mol. The molecule has 21 heavy (non-hydrogen) atoms. The normalized spacial score (nSPS) is 10.0. The number of aromatic nitrogens is 1. The van der Waals surface area contributed by atoms with Crippen molar-refractivity contribution in [2.75, 3.05) is 25.1 Å². The van der Waals surface area contributed by atoms with E-state index in [4.69, 9.17) is 5.11 Å². The molecule has 0 aromatic carbocycles. The fourth-order valence-electron chi connectivity index (χ4n) is 1.73. The van der Waals surface area contributed by atoms with Crippen molar-refractivity contribution in [1.29, 1.82) is 0 Å². The van der Waals surface area contributed by atoms with Crippen LogP contribution in [0.4, 0.5) is 11.5 Å². The van der Waals surface area contributed by atoms with Gasteiger partial charge < -0.3 is 14.7 Å². The molecule has 0 fully saturated rings. The lowest BCUT2D eigenvalue weighted by atomic mass is 10.3. The summed E-state index contributed by atoms with van der Waals surface area (Å²) < 4.78 is 4.51. The number of pyridine rings is 1. The Balaban J connectivity index is 3.34. The van der Waals surface area contributed by atoms with Crippen LogP contribution in [-0.4, -0.2) is 47.2 Å². The Labute approximate surface area is 120 Å². The van der Waals surface area contributed by atoms with Crippen LogP contribution in [0.1, 0.15) is 23.8 Å². The van der Waals surface area contributed by atoms with Gasteiger partial charge in [0, 0.05) is 12.6 Å². The molecule has 0 aliphatic rings. The van der Waals surface area contributed by atoms with Crippen molar-refractivity contribution in [1.82, 2.24) is 4.98 Å². The number of rotatable bonds is 7. The van der Waals surface area contributed by atoms with E-state index in [0.29, 0.717) is 6.42 Å². The number of carbonyl (C=O) groups excluding carboxylic acids is 1. The molecule has 0 radical (unpaired) electrons. The van der Waals surface area contributed by atoms with Crippen LogP contribution in [0.25, 0.3) is 0 Å². The summed E-state index contributed by atoms with van der Waals surface area (Å²) in [5.74, 6) is -2.06. The first-order valence-electron chi connectivity index (χ1n) is 6.11. The van der Waals surface area contributed by atoms with Gasteiger partial charge in [0.2, 0.25) is 5.82 Å². The molecular weight excluding hydrogens is 282 g/mol. The van der Waals surface area contributed by atoms with E-state index in [1.807, 2.05) is 0 Å². The molecule has 0 amide bonds. The quantitative estimate of drug-likeness (QED) is 0.450. The highest BCUT2D eigenvalue weighted by atomic mass is 16.6. The third-order valence-electron chi connectivity index (χ3n) is 2.56. The highest BCUT2D eigenvalue weighted by molar-refractivity contribution is 5.88. The maximum absolute atomic E-state index is 11.5. The van der Waals surface area contributed by atoms with Crippen molar-refractivity contribution in [3.05, 3.63) is 27.9 Å². The second-order valence-corrected chi connectivity index (χ2v) is 4.10. The van der Waals surface area contributed by atoms with Gasteiger partial charge in [0.05, 0.1) is 12.0 Å². The third-order valence-corrected chi connectivity index (χ3v) is 2.56. The summed E-state index contributed by atoms with van der Waals surface area (Å²) in [6.45, 7) is 1.60. The van der Waals surface area contributed by atoms with Gasteiger partial charge in [-0.1, -0.05) is 6.92 Å². The van der Waals surface area contributed by atoms with Gasteiger partial charge in [0.25, 0.3) is 0 Å². The summed E-state index contributed by atoms with van der Waals surface area (Å²) in [5, 5.41) is 19.9. The second-order valence-electron chi connectivity index (χ2n) is 4.10. The number of nitrogens with zero attached hydrogens (tertiary/aromatic N) is 3. The summed E-state index contributed by atoms with van der Waals surface area (Å²) in [6.07, 6.45) is 0.564. The van der Waals surface area contributed by atoms with Crippen molar-refractivity contribution >= 4 is 23.4 Å². The molecule has 9 nitrogen and oxygen atoms in total. The van der Waals surface area contributed by atoms with Gasteiger partial charge in [0.15, 0.2) is 5.69 Å². The Kier molecular flexibility index (Phi) is 5.58. The number of carboxylic acid groups (broad SMARTS) is 1. The summed E-state index contributed by atoms with van der Waals surface area (Å²) in [4.78, 5) is 37.8. The minimum Gasteiger partial charge on any atom is -0.480 e. The SMILES string of the molecule is CCCN(CC(=O)O)c1nc(C(=O)OC)ccc1[N+](=O)[O-]. The molecule has 1 aromatic rings. The predicted octanol–water partition coefficient (Wildman–Crippen LogP) is 1.08. The van der Waals surface area contributed by atoms with Crippen LogP contribution in [0, 0.1) is 10.1 Å². The Morgan fingerprint density at radius 1 is 1.48 bits per heavy atom. The van der Waals surface area contributed by atoms with Crippen LogP contribution in [0.2, 0.25) is 0 Å². The van der Waals surface area contributed by atoms with Crippen molar-refractivity contribution in [3.8, 4) is 0 Å². The zero-order chi connectivity index (χ0) is 16.0. The topological polar surface area (TPSA) is 123 Å². The second kappa shape index (κ2) is 7.17. The third kappa shape index (κ3) is 4.13. The van der Waals surface area contributed by atoms with E-state index >= 15 is 0 Å². The van der Waals surface area contributed by atoms with E-state index in [0.717, 1.165) is 13.2 Å². The van der Waals surface area contributed by atoms with Crippen LogP contribution in [0.5, 0.6) is 0 Å². The number of ether oxygens (including phenoxy) is 1. The maximum Gasteiger partial charge on any atom is 0.356 e. The van der Waals surface area contributed by atoms with E-state index < -0.39 is 23.4 Å². The van der Waals surface area contributed by atoms with Crippen LogP contribution in [0.15, 0.2) is 12.1 Å². The zero-order valence-corrected chi connectivity index (χ0v) is 11.6. The van der Waals surface area contributed by atoms with Crippen molar-refractivity contribution < 1.29 is 24.4 Å². The van der Waals surface area contributed by atoms with Crippen molar-refractivity contribution in [2.24, 2.45) is 0 Å². The molecule has 0 spiro atoms. The van der Waals surface area contributed by atoms with Crippen LogP contribution in [0.3, 0.4) is 0 Å². The van der Waals surface area contributed by atoms with Gasteiger partial charge in [0.1, 0.15) is 6.54 Å². The summed E-state index contributed by atoms with van der Waals surface area (Å²) >= 11 is 0. The fraction of sp³-hybridized carbons (Fsp3) is 0.417. The van der Waals surface area contributed by atoms with Gasteiger partial charge in [-0.2, -0.15) is 0 Å². The average Bonchev–Trinajstić information content (AvgIpc) is 2.44. The van der Waals surface area contributed by atoms with E-state index in [1.54, 1.807) is 6.92 Å². The largest absolute Gasteiger partial charge is 0.480 e. The zero-order valence-electron chi connectivity index (χ0n) is 11.6. The molecule has 1 N–H and O–H groups in total. The van der Waals surface area contributed by atoms with Gasteiger partial charge in [-0.3, -0.25) is 14.9 Å². The lowest BCUT2D eigenvalue weighted by Gasteiger charge is -2.20. The van der Waals surface area contributed by atoms with Crippen molar-refractivity contribution in [2.45, 2.75) is 13.3 Å². The van der Waals surface area contributed by atoms with Crippen LogP contribution >= 0.6 is 0 Å². The maximum atomic E-state index is 11.5. The number of anilines is 1. The molecule has 0 aliphatic carbocycles. The number of methoxy groups -OCH3 is 1. The summed E-state index contributed by atoms with van der Waals surface area (Å²) in [6, 6.07) is 2.28. The molecule has 0 unspecified atom stereocenters. The number of hydrogen-bond acceptors (Lipinski definition) is 7. The standard InChI is InChI=1S/C12H15N3O6/c1-3-6-14(7-10(16)17)11-9(15(19)20)5-4-8(13-11)12(18)21-2/h4-5H,3,6-7H2,1-2H3,(H,16,17). The molecule has 0 bridgehead atoms. The number of nitro groups is 1. The highest BCUT2D eigenvalue weighted by Crippen LogP contribution is 2.26. The number of esters is 1. The fourth-order valence-corrected chi connectivity index (χ4v) is 1.73.